The van der Waals surface area contributed by atoms with Crippen LogP contribution in [0.5, 0.6) is 0 Å². The van der Waals surface area contributed by atoms with Crippen LogP contribution in [0.15, 0.2) is 152 Å². The van der Waals surface area contributed by atoms with Gasteiger partial charge in [-0.2, -0.15) is 0 Å². The van der Waals surface area contributed by atoms with Gasteiger partial charge in [0.05, 0.1) is 0 Å². The van der Waals surface area contributed by atoms with Crippen LogP contribution in [-0.4, -0.2) is 0 Å². The third-order valence-electron chi connectivity index (χ3n) is 9.33. The average Bonchev–Trinajstić information content (AvgIpc) is 3.06. The van der Waals surface area contributed by atoms with Gasteiger partial charge in [-0.05, 0) is 112 Å². The molecule has 200 valence electrons. The van der Waals surface area contributed by atoms with Gasteiger partial charge in [0, 0.05) is 0 Å². The fourth-order valence-corrected chi connectivity index (χ4v) is 7.51. The summed E-state index contributed by atoms with van der Waals surface area (Å²) in [6.45, 7) is 2.24. The van der Waals surface area contributed by atoms with Crippen molar-refractivity contribution in [1.29, 1.82) is 0 Å². The van der Waals surface area contributed by atoms with Crippen molar-refractivity contribution in [3.63, 3.8) is 0 Å². The molecule has 0 amide bonds. The van der Waals surface area contributed by atoms with E-state index in [1.807, 2.05) is 0 Å². The predicted octanol–water partition coefficient (Wildman–Crippen LogP) is 12.2. The van der Waals surface area contributed by atoms with Crippen molar-refractivity contribution >= 4 is 64.6 Å². The zero-order chi connectivity index (χ0) is 28.5. The second-order valence-electron chi connectivity index (χ2n) is 11.7. The van der Waals surface area contributed by atoms with Crippen LogP contribution in [0.4, 0.5) is 0 Å². The van der Waals surface area contributed by atoms with E-state index in [4.69, 9.17) is 0 Å². The topological polar surface area (TPSA) is 0 Å². The number of rotatable bonds is 2. The maximum absolute atomic E-state index is 2.41. The molecule has 0 aliphatic rings. The van der Waals surface area contributed by atoms with E-state index in [0.29, 0.717) is 0 Å². The molecule has 0 saturated heterocycles. The van der Waals surface area contributed by atoms with Crippen molar-refractivity contribution in [2.45, 2.75) is 6.92 Å². The molecule has 0 aliphatic carbocycles. The molecule has 0 atom stereocenters. The van der Waals surface area contributed by atoms with Crippen LogP contribution >= 0.6 is 0 Å². The van der Waals surface area contributed by atoms with Gasteiger partial charge in [-0.1, -0.05) is 140 Å². The fourth-order valence-electron chi connectivity index (χ4n) is 7.51. The highest BCUT2D eigenvalue weighted by Gasteiger charge is 2.20. The van der Waals surface area contributed by atoms with Crippen LogP contribution in [-0.2, 0) is 0 Å². The van der Waals surface area contributed by atoms with E-state index in [1.54, 1.807) is 0 Å². The molecule has 9 aromatic carbocycles. The summed E-state index contributed by atoms with van der Waals surface area (Å²) in [5.41, 5.74) is 6.50. The number of aryl methyl sites for hydroxylation is 1. The van der Waals surface area contributed by atoms with Crippen LogP contribution in [0.25, 0.3) is 86.9 Å². The third-order valence-corrected chi connectivity index (χ3v) is 9.33. The van der Waals surface area contributed by atoms with Gasteiger partial charge in [-0.15, -0.1) is 0 Å². The Labute approximate surface area is 250 Å². The largest absolute Gasteiger partial charge is 0.0616 e. The molecule has 9 aromatic rings. The Morgan fingerprint density at radius 1 is 0.302 bits per heavy atom. The molecule has 0 fully saturated rings. The highest BCUT2D eigenvalue weighted by molar-refractivity contribution is 6.28. The summed E-state index contributed by atoms with van der Waals surface area (Å²) >= 11 is 0. The van der Waals surface area contributed by atoms with E-state index in [-0.39, 0.29) is 0 Å². The van der Waals surface area contributed by atoms with E-state index < -0.39 is 0 Å². The van der Waals surface area contributed by atoms with E-state index in [9.17, 15) is 0 Å². The lowest BCUT2D eigenvalue weighted by Crippen LogP contribution is -1.93. The minimum atomic E-state index is 1.27. The van der Waals surface area contributed by atoms with E-state index in [2.05, 4.69) is 159 Å². The zero-order valence-corrected chi connectivity index (χ0v) is 23.9. The Balaban J connectivity index is 1.50. The number of hydrogen-bond donors (Lipinski definition) is 0. The van der Waals surface area contributed by atoms with Gasteiger partial charge >= 0.3 is 0 Å². The molecule has 0 heteroatoms. The summed E-state index contributed by atoms with van der Waals surface area (Å²) in [4.78, 5) is 0. The molecule has 0 heterocycles. The summed E-state index contributed by atoms with van der Waals surface area (Å²) in [6, 6.07) is 56.1. The van der Waals surface area contributed by atoms with E-state index in [0.717, 1.165) is 0 Å². The van der Waals surface area contributed by atoms with Gasteiger partial charge in [-0.3, -0.25) is 0 Å². The molecule has 0 spiro atoms. The van der Waals surface area contributed by atoms with Gasteiger partial charge in [-0.25, -0.2) is 0 Å². The molecule has 0 N–H and O–H groups in total. The third kappa shape index (κ3) is 3.50. The van der Waals surface area contributed by atoms with Crippen LogP contribution < -0.4 is 0 Å². The SMILES string of the molecule is Cc1cccc2c(-c3c4ccccc4c(-c4cc5ccccc5c5ccccc45)c4ccccc34)cc3ccccc3c12. The molecular formula is C43H28. The molecule has 9 rings (SSSR count). The summed E-state index contributed by atoms with van der Waals surface area (Å²) in [6.07, 6.45) is 0. The highest BCUT2D eigenvalue weighted by Crippen LogP contribution is 2.48. The van der Waals surface area contributed by atoms with Gasteiger partial charge in [0.2, 0.25) is 0 Å². The molecule has 0 bridgehead atoms. The van der Waals surface area contributed by atoms with Crippen molar-refractivity contribution in [3.8, 4) is 22.3 Å². The molecule has 0 nitrogen and oxygen atoms in total. The minimum Gasteiger partial charge on any atom is -0.0616 e. The number of benzene rings is 9. The summed E-state index contributed by atoms with van der Waals surface area (Å²) in [5.74, 6) is 0. The first-order valence-electron chi connectivity index (χ1n) is 15.0. The summed E-state index contributed by atoms with van der Waals surface area (Å²) < 4.78 is 0. The molecule has 0 radical (unpaired) electrons. The smallest absolute Gasteiger partial charge is 0.00199 e. The number of hydrogen-bond acceptors (Lipinski definition) is 0. The molecule has 0 aliphatic heterocycles. The molecule has 43 heavy (non-hydrogen) atoms. The minimum absolute atomic E-state index is 1.27. The zero-order valence-electron chi connectivity index (χ0n) is 23.9. The van der Waals surface area contributed by atoms with Crippen molar-refractivity contribution in [2.75, 3.05) is 0 Å². The predicted molar refractivity (Wildman–Crippen MR) is 187 cm³/mol. The maximum Gasteiger partial charge on any atom is -0.00199 e. The Bertz CT molecular complexity index is 2510. The average molecular weight is 545 g/mol. The molecule has 0 aromatic heterocycles. The van der Waals surface area contributed by atoms with Crippen LogP contribution in [0.3, 0.4) is 0 Å². The monoisotopic (exact) mass is 544 g/mol. The second kappa shape index (κ2) is 9.28. The molecule has 0 saturated carbocycles. The van der Waals surface area contributed by atoms with Crippen molar-refractivity contribution in [2.24, 2.45) is 0 Å². The van der Waals surface area contributed by atoms with Crippen LogP contribution in [0, 0.1) is 6.92 Å². The van der Waals surface area contributed by atoms with Crippen molar-refractivity contribution in [3.05, 3.63) is 157 Å². The lowest BCUT2D eigenvalue weighted by molar-refractivity contribution is 1.54. The van der Waals surface area contributed by atoms with Gasteiger partial charge in [0.15, 0.2) is 0 Å². The van der Waals surface area contributed by atoms with E-state index >= 15 is 0 Å². The summed E-state index contributed by atoms with van der Waals surface area (Å²) in [7, 11) is 0. The first-order valence-corrected chi connectivity index (χ1v) is 15.0. The van der Waals surface area contributed by atoms with Crippen molar-refractivity contribution < 1.29 is 0 Å². The Hall–Kier alpha value is -5.46. The van der Waals surface area contributed by atoms with E-state index in [1.165, 1.54) is 92.5 Å². The normalized spacial score (nSPS) is 11.8. The first-order chi connectivity index (χ1) is 21.3. The number of fused-ring (bicyclic) bond motifs is 8. The van der Waals surface area contributed by atoms with Crippen LogP contribution in [0.1, 0.15) is 5.56 Å². The molecule has 0 unspecified atom stereocenters. The summed E-state index contributed by atoms with van der Waals surface area (Å²) in [5, 5.41) is 15.5. The quantitative estimate of drug-likeness (QED) is 0.150. The maximum atomic E-state index is 2.41. The Kier molecular flexibility index (Phi) is 5.21. The van der Waals surface area contributed by atoms with Gasteiger partial charge < -0.3 is 0 Å². The fraction of sp³-hybridized carbons (Fsp3) is 0.0233. The molecular weight excluding hydrogens is 516 g/mol. The Morgan fingerprint density at radius 2 is 0.698 bits per heavy atom. The lowest BCUT2D eigenvalue weighted by Gasteiger charge is -2.21. The Morgan fingerprint density at radius 3 is 1.28 bits per heavy atom. The van der Waals surface area contributed by atoms with Crippen LogP contribution in [0.2, 0.25) is 0 Å². The van der Waals surface area contributed by atoms with Gasteiger partial charge in [0.25, 0.3) is 0 Å². The van der Waals surface area contributed by atoms with Gasteiger partial charge in [0.1, 0.15) is 0 Å². The van der Waals surface area contributed by atoms with Crippen molar-refractivity contribution in [1.82, 2.24) is 0 Å². The highest BCUT2D eigenvalue weighted by atomic mass is 14.2. The second-order valence-corrected chi connectivity index (χ2v) is 11.7. The first kappa shape index (κ1) is 24.2. The lowest BCUT2D eigenvalue weighted by atomic mass is 9.82. The standard InChI is InChI=1S/C43H28/c1-27-13-12-24-38-40(26-29-15-3-5-17-31(29)41(27)38)43-36-22-10-8-20-34(36)42(35-21-9-11-23-37(35)43)39-25-28-14-2-4-16-30(28)32-18-6-7-19-33(32)39/h2-26H,1H3.